The fourth-order valence-corrected chi connectivity index (χ4v) is 3.69. The molecule has 0 aliphatic carbocycles. The van der Waals surface area contributed by atoms with Crippen LogP contribution >= 0.6 is 23.2 Å². The average Bonchev–Trinajstić information content (AvgIpc) is 3.25. The number of likely N-dealkylation sites (tertiary alicyclic amines) is 1. The molecule has 2 heterocycles. The summed E-state index contributed by atoms with van der Waals surface area (Å²) >= 11 is 12.2. The Kier molecular flexibility index (Phi) is 5.70. The first kappa shape index (κ1) is 18.3. The Bertz CT molecular complexity index is 779. The van der Waals surface area contributed by atoms with Gasteiger partial charge in [-0.1, -0.05) is 43.5 Å². The number of carbonyl (C=O) groups excluding carboxylic acids is 1. The van der Waals surface area contributed by atoms with Crippen molar-refractivity contribution in [1.29, 1.82) is 0 Å². The summed E-state index contributed by atoms with van der Waals surface area (Å²) in [6.07, 6.45) is 4.62. The zero-order valence-corrected chi connectivity index (χ0v) is 16.2. The molecule has 1 saturated heterocycles. The summed E-state index contributed by atoms with van der Waals surface area (Å²) in [6, 6.07) is 5.46. The molecule has 0 saturated carbocycles. The molecule has 0 bridgehead atoms. The lowest BCUT2D eigenvalue weighted by Gasteiger charge is -2.16. The molecule has 0 spiro atoms. The highest BCUT2D eigenvalue weighted by Gasteiger charge is 2.28. The maximum atomic E-state index is 13.1. The van der Waals surface area contributed by atoms with Crippen molar-refractivity contribution >= 4 is 29.1 Å². The minimum atomic E-state index is 0.115. The third kappa shape index (κ3) is 3.56. The molecule has 1 aliphatic heterocycles. The van der Waals surface area contributed by atoms with Crippen LogP contribution in [0.4, 0.5) is 0 Å². The monoisotopic (exact) mass is 379 g/mol. The van der Waals surface area contributed by atoms with Crippen LogP contribution in [0.5, 0.6) is 0 Å². The van der Waals surface area contributed by atoms with Crippen molar-refractivity contribution in [3.63, 3.8) is 0 Å². The van der Waals surface area contributed by atoms with Crippen LogP contribution in [-0.2, 0) is 12.8 Å². The molecule has 1 fully saturated rings. The Morgan fingerprint density at radius 3 is 2.48 bits per heavy atom. The highest BCUT2D eigenvalue weighted by molar-refractivity contribution is 6.42. The second kappa shape index (κ2) is 7.79. The highest BCUT2D eigenvalue weighted by atomic mass is 35.5. The molecule has 134 valence electrons. The van der Waals surface area contributed by atoms with Gasteiger partial charge in [-0.3, -0.25) is 4.79 Å². The van der Waals surface area contributed by atoms with Gasteiger partial charge in [-0.2, -0.15) is 5.10 Å². The number of rotatable bonds is 5. The van der Waals surface area contributed by atoms with E-state index in [0.717, 1.165) is 67.8 Å². The van der Waals surface area contributed by atoms with Crippen molar-refractivity contribution in [2.75, 3.05) is 13.1 Å². The lowest BCUT2D eigenvalue weighted by molar-refractivity contribution is 0.0790. The van der Waals surface area contributed by atoms with Gasteiger partial charge < -0.3 is 4.90 Å². The Hall–Kier alpha value is -1.52. The summed E-state index contributed by atoms with van der Waals surface area (Å²) in [7, 11) is 0. The summed E-state index contributed by atoms with van der Waals surface area (Å²) in [5.41, 5.74) is 3.43. The molecule has 4 nitrogen and oxygen atoms in total. The molecule has 0 atom stereocenters. The summed E-state index contributed by atoms with van der Waals surface area (Å²) in [5.74, 6) is 0.115. The van der Waals surface area contributed by atoms with Crippen LogP contribution in [0.1, 0.15) is 54.9 Å². The fraction of sp³-hybridized carbons (Fsp3) is 0.474. The van der Waals surface area contributed by atoms with Gasteiger partial charge >= 0.3 is 0 Å². The van der Waals surface area contributed by atoms with Crippen molar-refractivity contribution in [3.8, 4) is 5.69 Å². The molecule has 0 unspecified atom stereocenters. The number of hydrogen-bond donors (Lipinski definition) is 0. The molecule has 2 aromatic rings. The van der Waals surface area contributed by atoms with E-state index >= 15 is 0 Å². The first-order valence-electron chi connectivity index (χ1n) is 8.92. The largest absolute Gasteiger partial charge is 0.339 e. The average molecular weight is 380 g/mol. The fourth-order valence-electron chi connectivity index (χ4n) is 3.40. The van der Waals surface area contributed by atoms with Crippen LogP contribution in [0.15, 0.2) is 18.2 Å². The Balaban J connectivity index is 2.11. The van der Waals surface area contributed by atoms with Crippen molar-refractivity contribution in [2.45, 2.75) is 46.0 Å². The third-order valence-corrected chi connectivity index (χ3v) is 5.37. The summed E-state index contributed by atoms with van der Waals surface area (Å²) in [4.78, 5) is 15.1. The second-order valence-electron chi connectivity index (χ2n) is 6.38. The SMILES string of the molecule is CCCc1nn(-c2ccc(Cl)c(Cl)c2)c(CC)c1C(=O)N1CCCC1. The van der Waals surface area contributed by atoms with Gasteiger partial charge in [0.2, 0.25) is 0 Å². The van der Waals surface area contributed by atoms with Crippen LogP contribution in [0.2, 0.25) is 10.0 Å². The topological polar surface area (TPSA) is 38.1 Å². The molecule has 25 heavy (non-hydrogen) atoms. The number of halogens is 2. The van der Waals surface area contributed by atoms with E-state index in [2.05, 4.69) is 13.8 Å². The van der Waals surface area contributed by atoms with Gasteiger partial charge in [0, 0.05) is 13.1 Å². The molecule has 3 rings (SSSR count). The number of nitrogens with zero attached hydrogens (tertiary/aromatic N) is 3. The van der Waals surface area contributed by atoms with Gasteiger partial charge in [0.1, 0.15) is 0 Å². The first-order valence-corrected chi connectivity index (χ1v) is 9.67. The number of carbonyl (C=O) groups is 1. The third-order valence-electron chi connectivity index (χ3n) is 4.63. The van der Waals surface area contributed by atoms with Crippen LogP contribution < -0.4 is 0 Å². The zero-order valence-electron chi connectivity index (χ0n) is 14.7. The molecule has 1 aromatic carbocycles. The molecule has 1 amide bonds. The van der Waals surface area contributed by atoms with E-state index in [4.69, 9.17) is 28.3 Å². The predicted molar refractivity (Wildman–Crippen MR) is 102 cm³/mol. The molecule has 0 N–H and O–H groups in total. The van der Waals surface area contributed by atoms with Crippen molar-refractivity contribution in [3.05, 3.63) is 45.2 Å². The van der Waals surface area contributed by atoms with Gasteiger partial charge in [0.05, 0.1) is 32.7 Å². The number of benzene rings is 1. The van der Waals surface area contributed by atoms with Crippen LogP contribution in [0, 0.1) is 0 Å². The molecular formula is C19H23Cl2N3O. The Labute approximate surface area is 158 Å². The summed E-state index contributed by atoms with van der Waals surface area (Å²) < 4.78 is 1.86. The molecular weight excluding hydrogens is 357 g/mol. The summed E-state index contributed by atoms with van der Waals surface area (Å²) in [6.45, 7) is 5.84. The Morgan fingerprint density at radius 2 is 1.88 bits per heavy atom. The lowest BCUT2D eigenvalue weighted by Crippen LogP contribution is -2.29. The van der Waals surface area contributed by atoms with Crippen LogP contribution in [0.25, 0.3) is 5.69 Å². The number of amides is 1. The van der Waals surface area contributed by atoms with E-state index in [-0.39, 0.29) is 5.91 Å². The van der Waals surface area contributed by atoms with Crippen molar-refractivity contribution in [2.24, 2.45) is 0 Å². The molecule has 1 aliphatic rings. The maximum Gasteiger partial charge on any atom is 0.257 e. The minimum Gasteiger partial charge on any atom is -0.339 e. The second-order valence-corrected chi connectivity index (χ2v) is 7.20. The van der Waals surface area contributed by atoms with E-state index in [1.807, 2.05) is 15.6 Å². The summed E-state index contributed by atoms with van der Waals surface area (Å²) in [5, 5.41) is 5.77. The van der Waals surface area contributed by atoms with E-state index in [0.29, 0.717) is 10.0 Å². The lowest BCUT2D eigenvalue weighted by atomic mass is 10.1. The van der Waals surface area contributed by atoms with Gasteiger partial charge in [0.15, 0.2) is 0 Å². The van der Waals surface area contributed by atoms with E-state index < -0.39 is 0 Å². The van der Waals surface area contributed by atoms with Gasteiger partial charge in [-0.25, -0.2) is 4.68 Å². The van der Waals surface area contributed by atoms with E-state index in [1.165, 1.54) is 0 Å². The van der Waals surface area contributed by atoms with Gasteiger partial charge in [0.25, 0.3) is 5.91 Å². The number of aromatic nitrogens is 2. The van der Waals surface area contributed by atoms with E-state index in [9.17, 15) is 4.79 Å². The number of aryl methyl sites for hydroxylation is 1. The standard InChI is InChI=1S/C19H23Cl2N3O/c1-3-7-16-18(19(25)23-10-5-6-11-23)17(4-2)24(22-16)13-8-9-14(20)15(21)12-13/h8-9,12H,3-7,10-11H2,1-2H3. The number of hydrogen-bond acceptors (Lipinski definition) is 2. The van der Waals surface area contributed by atoms with Gasteiger partial charge in [-0.15, -0.1) is 0 Å². The maximum absolute atomic E-state index is 13.1. The quantitative estimate of drug-likeness (QED) is 0.738. The van der Waals surface area contributed by atoms with Crippen LogP contribution in [-0.4, -0.2) is 33.7 Å². The molecule has 0 radical (unpaired) electrons. The minimum absolute atomic E-state index is 0.115. The van der Waals surface area contributed by atoms with Crippen molar-refractivity contribution < 1.29 is 4.79 Å². The molecule has 1 aromatic heterocycles. The highest BCUT2D eigenvalue weighted by Crippen LogP contribution is 2.28. The van der Waals surface area contributed by atoms with Gasteiger partial charge in [-0.05, 0) is 43.9 Å². The first-order chi connectivity index (χ1) is 12.1. The normalized spacial score (nSPS) is 14.3. The predicted octanol–water partition coefficient (Wildman–Crippen LogP) is 4.93. The zero-order chi connectivity index (χ0) is 18.0. The smallest absolute Gasteiger partial charge is 0.257 e. The van der Waals surface area contributed by atoms with E-state index in [1.54, 1.807) is 12.1 Å². The Morgan fingerprint density at radius 1 is 1.16 bits per heavy atom. The van der Waals surface area contributed by atoms with Crippen LogP contribution in [0.3, 0.4) is 0 Å². The molecule has 6 heteroatoms. The van der Waals surface area contributed by atoms with Crippen molar-refractivity contribution in [1.82, 2.24) is 14.7 Å².